The minimum absolute atomic E-state index is 0.0291. The number of aromatic nitrogens is 1. The minimum Gasteiger partial charge on any atom is -0.444 e. The number of hydrogen-bond acceptors (Lipinski definition) is 6. The maximum Gasteiger partial charge on any atom is 0.312 e. The lowest BCUT2D eigenvalue weighted by Gasteiger charge is -2.11. The first-order chi connectivity index (χ1) is 13.7. The summed E-state index contributed by atoms with van der Waals surface area (Å²) in [6.45, 7) is 1.31. The van der Waals surface area contributed by atoms with Gasteiger partial charge in [-0.05, 0) is 25.1 Å². The second-order valence-electron chi connectivity index (χ2n) is 6.21. The van der Waals surface area contributed by atoms with Crippen LogP contribution in [0.4, 0.5) is 15.8 Å². The number of nitrogens with zero attached hydrogens (tertiary/aromatic N) is 1. The molecule has 3 N–H and O–H groups in total. The molecule has 11 heteroatoms. The molecule has 2 heterocycles. The van der Waals surface area contributed by atoms with Gasteiger partial charge in [-0.2, -0.15) is 0 Å². The van der Waals surface area contributed by atoms with E-state index in [1.54, 1.807) is 18.2 Å². The van der Waals surface area contributed by atoms with Gasteiger partial charge in [-0.15, -0.1) is 0 Å². The van der Waals surface area contributed by atoms with Crippen LogP contribution in [-0.2, 0) is 11.9 Å². The second-order valence-corrected chi connectivity index (χ2v) is 7.54. The van der Waals surface area contributed by atoms with E-state index in [9.17, 15) is 19.1 Å². The number of aryl methyl sites for hydroxylation is 1. The summed E-state index contributed by atoms with van der Waals surface area (Å²) in [6.07, 6.45) is -0.816. The average Bonchev–Trinajstić information content (AvgIpc) is 3.02. The topological polar surface area (TPSA) is 106 Å². The van der Waals surface area contributed by atoms with E-state index in [0.29, 0.717) is 10.7 Å². The maximum atomic E-state index is 14.3. The lowest BCUT2D eigenvalue weighted by molar-refractivity contribution is -0.00800. The number of fused-ring (bicyclic) bond motifs is 1. The van der Waals surface area contributed by atoms with Crippen LogP contribution in [0.2, 0.25) is 5.02 Å². The molecule has 0 saturated heterocycles. The normalized spacial score (nSPS) is 12.2. The van der Waals surface area contributed by atoms with Gasteiger partial charge in [0.25, 0.3) is 5.56 Å². The highest BCUT2D eigenvalue weighted by molar-refractivity contribution is 9.10. The van der Waals surface area contributed by atoms with E-state index in [1.165, 1.54) is 14.0 Å². The van der Waals surface area contributed by atoms with Crippen molar-refractivity contribution < 1.29 is 23.5 Å². The molecular formula is C18H16BrClFN3O5. The summed E-state index contributed by atoms with van der Waals surface area (Å²) in [5.74, 6) is -2.09. The standard InChI is InChI=1S/C18H16BrClFN3O5/c1-8(25)7-28-23-18(27)17-14(22-12-4-3-9(19)5-10(12)20)15-16(29-17)11(21)6-13(26)24(15)2/h3-6,8,22,25H,7H2,1-2H3,(H,23,27)/t8-/m0/s1. The number of nitrogens with one attached hydrogen (secondary N) is 2. The molecule has 2 aromatic heterocycles. The molecule has 0 unspecified atom stereocenters. The van der Waals surface area contributed by atoms with Gasteiger partial charge in [0.2, 0.25) is 5.76 Å². The Morgan fingerprint density at radius 3 is 2.83 bits per heavy atom. The van der Waals surface area contributed by atoms with Crippen molar-refractivity contribution >= 4 is 55.9 Å². The van der Waals surface area contributed by atoms with E-state index in [1.807, 2.05) is 0 Å². The molecule has 0 radical (unpaired) electrons. The number of carbonyl (C=O) groups is 1. The van der Waals surface area contributed by atoms with Crippen molar-refractivity contribution in [2.24, 2.45) is 7.05 Å². The molecule has 0 aliphatic carbocycles. The van der Waals surface area contributed by atoms with Crippen molar-refractivity contribution in [3.8, 4) is 0 Å². The number of halogens is 3. The zero-order chi connectivity index (χ0) is 21.3. The molecule has 154 valence electrons. The Morgan fingerprint density at radius 2 is 2.17 bits per heavy atom. The van der Waals surface area contributed by atoms with E-state index >= 15 is 0 Å². The highest BCUT2D eigenvalue weighted by Gasteiger charge is 2.26. The molecule has 0 aliphatic heterocycles. The van der Waals surface area contributed by atoms with Crippen LogP contribution in [0.15, 0.2) is 37.9 Å². The lowest BCUT2D eigenvalue weighted by Crippen LogP contribution is -2.27. The molecular weight excluding hydrogens is 473 g/mol. The Balaban J connectivity index is 2.13. The average molecular weight is 489 g/mol. The fourth-order valence-electron chi connectivity index (χ4n) is 2.56. The Bertz CT molecular complexity index is 1140. The van der Waals surface area contributed by atoms with E-state index in [2.05, 4.69) is 26.7 Å². The van der Waals surface area contributed by atoms with Crippen LogP contribution in [0.25, 0.3) is 11.1 Å². The Kier molecular flexibility index (Phi) is 6.27. The van der Waals surface area contributed by atoms with Crippen molar-refractivity contribution in [1.82, 2.24) is 10.0 Å². The van der Waals surface area contributed by atoms with Crippen LogP contribution >= 0.6 is 27.5 Å². The molecule has 1 atom stereocenters. The molecule has 1 amide bonds. The number of pyridine rings is 1. The van der Waals surface area contributed by atoms with E-state index in [-0.39, 0.29) is 29.2 Å². The van der Waals surface area contributed by atoms with Crippen LogP contribution < -0.4 is 16.4 Å². The lowest BCUT2D eigenvalue weighted by atomic mass is 10.2. The summed E-state index contributed by atoms with van der Waals surface area (Å²) < 4.78 is 21.6. The highest BCUT2D eigenvalue weighted by Crippen LogP contribution is 2.36. The van der Waals surface area contributed by atoms with Gasteiger partial charge in [0, 0.05) is 17.6 Å². The van der Waals surface area contributed by atoms with Crippen LogP contribution in [0.1, 0.15) is 17.5 Å². The monoisotopic (exact) mass is 487 g/mol. The van der Waals surface area contributed by atoms with Crippen molar-refractivity contribution in [1.29, 1.82) is 0 Å². The number of amides is 1. The maximum absolute atomic E-state index is 14.3. The van der Waals surface area contributed by atoms with Crippen LogP contribution in [0.5, 0.6) is 0 Å². The van der Waals surface area contributed by atoms with Crippen LogP contribution in [0.3, 0.4) is 0 Å². The largest absolute Gasteiger partial charge is 0.444 e. The summed E-state index contributed by atoms with van der Waals surface area (Å²) in [7, 11) is 1.42. The molecule has 0 spiro atoms. The van der Waals surface area contributed by atoms with Crippen molar-refractivity contribution in [3.05, 3.63) is 55.7 Å². The SMILES string of the molecule is C[C@H](O)CONC(=O)c1oc2c(F)cc(=O)n(C)c2c1Nc1ccc(Br)cc1Cl. The number of aliphatic hydroxyl groups excluding tert-OH is 1. The summed E-state index contributed by atoms with van der Waals surface area (Å²) in [5, 5.41) is 12.5. The number of anilines is 2. The number of carbonyl (C=O) groups excluding carboxylic acids is 1. The molecule has 3 aromatic rings. The zero-order valence-electron chi connectivity index (χ0n) is 15.3. The first-order valence-electron chi connectivity index (χ1n) is 8.33. The Hall–Kier alpha value is -2.40. The molecule has 29 heavy (non-hydrogen) atoms. The van der Waals surface area contributed by atoms with Gasteiger partial charge in [-0.1, -0.05) is 27.5 Å². The molecule has 0 aliphatic rings. The molecule has 1 aromatic carbocycles. The van der Waals surface area contributed by atoms with Gasteiger partial charge in [-0.3, -0.25) is 14.4 Å². The van der Waals surface area contributed by atoms with E-state index in [4.69, 9.17) is 20.9 Å². The fourth-order valence-corrected chi connectivity index (χ4v) is 3.28. The molecule has 0 bridgehead atoms. The molecule has 0 saturated carbocycles. The zero-order valence-corrected chi connectivity index (χ0v) is 17.6. The minimum atomic E-state index is -0.919. The number of aliphatic hydroxyl groups is 1. The molecule has 0 fully saturated rings. The molecule has 3 rings (SSSR count). The predicted octanol–water partition coefficient (Wildman–Crippen LogP) is 3.47. The van der Waals surface area contributed by atoms with Gasteiger partial charge >= 0.3 is 5.91 Å². The summed E-state index contributed by atoms with van der Waals surface area (Å²) in [4.78, 5) is 29.5. The van der Waals surface area contributed by atoms with Gasteiger partial charge in [0.05, 0.1) is 16.8 Å². The van der Waals surface area contributed by atoms with Gasteiger partial charge in [0.15, 0.2) is 11.4 Å². The van der Waals surface area contributed by atoms with Crippen molar-refractivity contribution in [3.63, 3.8) is 0 Å². The number of hydrogen-bond donors (Lipinski definition) is 3. The second kappa shape index (κ2) is 8.54. The summed E-state index contributed by atoms with van der Waals surface area (Å²) >= 11 is 9.53. The van der Waals surface area contributed by atoms with Crippen molar-refractivity contribution in [2.75, 3.05) is 11.9 Å². The van der Waals surface area contributed by atoms with Crippen LogP contribution in [0, 0.1) is 5.82 Å². The Labute approximate surface area is 177 Å². The highest BCUT2D eigenvalue weighted by atomic mass is 79.9. The van der Waals surface area contributed by atoms with E-state index < -0.39 is 23.4 Å². The first kappa shape index (κ1) is 21.3. The number of benzene rings is 1. The molecule has 8 nitrogen and oxygen atoms in total. The summed E-state index contributed by atoms with van der Waals surface area (Å²) in [6, 6.07) is 5.72. The quantitative estimate of drug-likeness (QED) is 0.459. The van der Waals surface area contributed by atoms with Crippen molar-refractivity contribution in [2.45, 2.75) is 13.0 Å². The third kappa shape index (κ3) is 4.45. The smallest absolute Gasteiger partial charge is 0.312 e. The number of furan rings is 1. The first-order valence-corrected chi connectivity index (χ1v) is 9.50. The number of rotatable bonds is 6. The Morgan fingerprint density at radius 1 is 1.45 bits per heavy atom. The van der Waals surface area contributed by atoms with Gasteiger partial charge in [-0.25, -0.2) is 9.87 Å². The fraction of sp³-hybridized carbons (Fsp3) is 0.222. The third-order valence-corrected chi connectivity index (χ3v) is 4.71. The van der Waals surface area contributed by atoms with Gasteiger partial charge < -0.3 is 19.4 Å². The van der Waals surface area contributed by atoms with Crippen LogP contribution in [-0.4, -0.2) is 28.3 Å². The summed E-state index contributed by atoms with van der Waals surface area (Å²) in [5.41, 5.74) is 1.66. The van der Waals surface area contributed by atoms with Gasteiger partial charge in [0.1, 0.15) is 17.8 Å². The third-order valence-electron chi connectivity index (χ3n) is 3.90. The van der Waals surface area contributed by atoms with E-state index in [0.717, 1.165) is 15.1 Å². The number of hydroxylamine groups is 1. The predicted molar refractivity (Wildman–Crippen MR) is 109 cm³/mol.